The van der Waals surface area contributed by atoms with Gasteiger partial charge in [-0.05, 0) is 34.1 Å². The predicted octanol–water partition coefficient (Wildman–Crippen LogP) is 1.46. The lowest BCUT2D eigenvalue weighted by Gasteiger charge is -2.20. The lowest BCUT2D eigenvalue weighted by molar-refractivity contribution is -0.144. The molecule has 0 radical (unpaired) electrons. The SMILES string of the molecule is COC(=O)C(C)CN(C)S(=O)(=O)c1cc(N)ccc1Br. The molecule has 1 rings (SSSR count). The number of halogens is 1. The first-order chi connectivity index (χ1) is 9.20. The molecule has 0 aliphatic rings. The molecule has 0 aromatic heterocycles. The molecule has 0 fully saturated rings. The van der Waals surface area contributed by atoms with Gasteiger partial charge in [-0.15, -0.1) is 0 Å². The van der Waals surface area contributed by atoms with Crippen LogP contribution in [0.3, 0.4) is 0 Å². The lowest BCUT2D eigenvalue weighted by atomic mass is 10.2. The summed E-state index contributed by atoms with van der Waals surface area (Å²) in [5.41, 5.74) is 5.97. The van der Waals surface area contributed by atoms with Crippen molar-refractivity contribution in [3.63, 3.8) is 0 Å². The van der Waals surface area contributed by atoms with E-state index >= 15 is 0 Å². The Balaban J connectivity index is 3.04. The summed E-state index contributed by atoms with van der Waals surface area (Å²) in [4.78, 5) is 11.4. The van der Waals surface area contributed by atoms with E-state index in [-0.39, 0.29) is 11.4 Å². The van der Waals surface area contributed by atoms with Crippen LogP contribution in [0, 0.1) is 5.92 Å². The van der Waals surface area contributed by atoms with Crippen LogP contribution in [-0.4, -0.2) is 39.4 Å². The van der Waals surface area contributed by atoms with Gasteiger partial charge in [0.25, 0.3) is 0 Å². The van der Waals surface area contributed by atoms with Crippen LogP contribution in [0.15, 0.2) is 27.6 Å². The summed E-state index contributed by atoms with van der Waals surface area (Å²) in [6.45, 7) is 1.63. The van der Waals surface area contributed by atoms with Crippen LogP contribution in [0.2, 0.25) is 0 Å². The summed E-state index contributed by atoms with van der Waals surface area (Å²) >= 11 is 3.19. The Bertz CT molecular complexity index is 603. The standard InChI is InChI=1S/C12H17BrN2O4S/c1-8(12(16)19-3)7-15(2)20(17,18)11-6-9(14)4-5-10(11)13/h4-6,8H,7,14H2,1-3H3. The van der Waals surface area contributed by atoms with Gasteiger partial charge in [-0.2, -0.15) is 0 Å². The third kappa shape index (κ3) is 3.71. The van der Waals surface area contributed by atoms with Gasteiger partial charge in [0.2, 0.25) is 10.0 Å². The number of carbonyl (C=O) groups is 1. The monoisotopic (exact) mass is 364 g/mol. The first-order valence-corrected chi connectivity index (χ1v) is 8.02. The zero-order chi connectivity index (χ0) is 15.5. The number of carbonyl (C=O) groups excluding carboxylic acids is 1. The zero-order valence-corrected chi connectivity index (χ0v) is 13.9. The van der Waals surface area contributed by atoms with E-state index in [0.29, 0.717) is 10.2 Å². The Morgan fingerprint density at radius 2 is 2.10 bits per heavy atom. The Morgan fingerprint density at radius 3 is 2.65 bits per heavy atom. The molecule has 1 atom stereocenters. The number of sulfonamides is 1. The molecule has 2 N–H and O–H groups in total. The van der Waals surface area contributed by atoms with Gasteiger partial charge in [0.15, 0.2) is 0 Å². The first-order valence-electron chi connectivity index (χ1n) is 5.79. The number of anilines is 1. The van der Waals surface area contributed by atoms with Crippen LogP contribution in [0.1, 0.15) is 6.92 Å². The van der Waals surface area contributed by atoms with E-state index in [1.807, 2.05) is 0 Å². The van der Waals surface area contributed by atoms with Gasteiger partial charge in [0, 0.05) is 23.8 Å². The quantitative estimate of drug-likeness (QED) is 0.630. The molecule has 0 aliphatic carbocycles. The highest BCUT2D eigenvalue weighted by Gasteiger charge is 2.27. The number of nitrogens with two attached hydrogens (primary N) is 1. The predicted molar refractivity (Wildman–Crippen MR) is 79.6 cm³/mol. The van der Waals surface area contributed by atoms with Crippen LogP contribution in [-0.2, 0) is 19.6 Å². The second kappa shape index (κ2) is 6.55. The maximum atomic E-state index is 12.4. The molecule has 8 heteroatoms. The molecule has 0 spiro atoms. The molecule has 6 nitrogen and oxygen atoms in total. The zero-order valence-electron chi connectivity index (χ0n) is 11.5. The fourth-order valence-corrected chi connectivity index (χ4v) is 3.86. The molecule has 0 bridgehead atoms. The Hall–Kier alpha value is -1.12. The van der Waals surface area contributed by atoms with Gasteiger partial charge in [-0.25, -0.2) is 12.7 Å². The summed E-state index contributed by atoms with van der Waals surface area (Å²) in [6, 6.07) is 4.54. The molecule has 1 unspecified atom stereocenters. The third-order valence-electron chi connectivity index (χ3n) is 2.78. The average molecular weight is 365 g/mol. The summed E-state index contributed by atoms with van der Waals surface area (Å²) < 4.78 is 31.0. The van der Waals surface area contributed by atoms with Crippen LogP contribution >= 0.6 is 15.9 Å². The minimum atomic E-state index is -3.73. The minimum Gasteiger partial charge on any atom is -0.469 e. The van der Waals surface area contributed by atoms with Crippen molar-refractivity contribution in [1.82, 2.24) is 4.31 Å². The van der Waals surface area contributed by atoms with E-state index in [2.05, 4.69) is 20.7 Å². The number of rotatable bonds is 5. The number of hydrogen-bond acceptors (Lipinski definition) is 5. The highest BCUT2D eigenvalue weighted by atomic mass is 79.9. The number of benzene rings is 1. The van der Waals surface area contributed by atoms with E-state index in [4.69, 9.17) is 5.73 Å². The van der Waals surface area contributed by atoms with Crippen LogP contribution in [0.4, 0.5) is 5.69 Å². The molecule has 0 saturated heterocycles. The lowest BCUT2D eigenvalue weighted by Crippen LogP contribution is -2.34. The second-order valence-electron chi connectivity index (χ2n) is 4.40. The van der Waals surface area contributed by atoms with E-state index in [1.54, 1.807) is 19.1 Å². The highest BCUT2D eigenvalue weighted by molar-refractivity contribution is 9.10. The van der Waals surface area contributed by atoms with Crippen molar-refractivity contribution in [3.05, 3.63) is 22.7 Å². The van der Waals surface area contributed by atoms with Crippen molar-refractivity contribution in [2.24, 2.45) is 5.92 Å². The number of esters is 1. The molecule has 1 aromatic rings. The normalized spacial score (nSPS) is 13.2. The van der Waals surface area contributed by atoms with Crippen molar-refractivity contribution >= 4 is 37.6 Å². The largest absolute Gasteiger partial charge is 0.469 e. The van der Waals surface area contributed by atoms with Gasteiger partial charge in [0.05, 0.1) is 17.9 Å². The topological polar surface area (TPSA) is 89.7 Å². The number of nitrogens with zero attached hydrogens (tertiary/aromatic N) is 1. The summed E-state index contributed by atoms with van der Waals surface area (Å²) in [5, 5.41) is 0. The minimum absolute atomic E-state index is 0.0241. The van der Waals surface area contributed by atoms with E-state index < -0.39 is 21.9 Å². The highest BCUT2D eigenvalue weighted by Crippen LogP contribution is 2.27. The van der Waals surface area contributed by atoms with Crippen molar-refractivity contribution < 1.29 is 17.9 Å². The molecule has 112 valence electrons. The van der Waals surface area contributed by atoms with Crippen LogP contribution in [0.25, 0.3) is 0 Å². The van der Waals surface area contributed by atoms with Gasteiger partial charge in [-0.3, -0.25) is 4.79 Å². The van der Waals surface area contributed by atoms with Gasteiger partial charge in [0.1, 0.15) is 0 Å². The molecule has 0 saturated carbocycles. The first kappa shape index (κ1) is 16.9. The Kier molecular flexibility index (Phi) is 5.55. The summed E-state index contributed by atoms with van der Waals surface area (Å²) in [5.74, 6) is -1.02. The Labute approximate surface area is 127 Å². The number of ether oxygens (including phenoxy) is 1. The molecule has 0 amide bonds. The maximum Gasteiger partial charge on any atom is 0.309 e. The smallest absolute Gasteiger partial charge is 0.309 e. The third-order valence-corrected chi connectivity index (χ3v) is 5.60. The molecular formula is C12H17BrN2O4S. The summed E-state index contributed by atoms with van der Waals surface area (Å²) in [6.07, 6.45) is 0. The van der Waals surface area contributed by atoms with Gasteiger partial charge >= 0.3 is 5.97 Å². The number of hydrogen-bond donors (Lipinski definition) is 1. The Morgan fingerprint density at radius 1 is 1.50 bits per heavy atom. The summed E-state index contributed by atoms with van der Waals surface area (Å²) in [7, 11) is -1.06. The molecule has 20 heavy (non-hydrogen) atoms. The van der Waals surface area contributed by atoms with Crippen molar-refractivity contribution in [3.8, 4) is 0 Å². The van der Waals surface area contributed by atoms with Gasteiger partial charge in [-0.1, -0.05) is 6.92 Å². The molecule has 1 aromatic carbocycles. The second-order valence-corrected chi connectivity index (χ2v) is 7.27. The maximum absolute atomic E-state index is 12.4. The van der Waals surface area contributed by atoms with E-state index in [0.717, 1.165) is 4.31 Å². The fraction of sp³-hybridized carbons (Fsp3) is 0.417. The molecule has 0 aliphatic heterocycles. The fourth-order valence-electron chi connectivity index (χ4n) is 1.65. The van der Waals surface area contributed by atoms with Crippen molar-refractivity contribution in [1.29, 1.82) is 0 Å². The molecular weight excluding hydrogens is 348 g/mol. The average Bonchev–Trinajstić information content (AvgIpc) is 2.40. The number of nitrogen functional groups attached to an aromatic ring is 1. The van der Waals surface area contributed by atoms with Crippen LogP contribution < -0.4 is 5.73 Å². The van der Waals surface area contributed by atoms with Crippen LogP contribution in [0.5, 0.6) is 0 Å². The van der Waals surface area contributed by atoms with E-state index in [1.165, 1.54) is 20.2 Å². The van der Waals surface area contributed by atoms with Crippen molar-refractivity contribution in [2.75, 3.05) is 26.4 Å². The number of methoxy groups -OCH3 is 1. The van der Waals surface area contributed by atoms with E-state index in [9.17, 15) is 13.2 Å². The molecule has 0 heterocycles. The van der Waals surface area contributed by atoms with Crippen molar-refractivity contribution in [2.45, 2.75) is 11.8 Å². The van der Waals surface area contributed by atoms with Gasteiger partial charge < -0.3 is 10.5 Å².